The number of piperidine rings is 1. The summed E-state index contributed by atoms with van der Waals surface area (Å²) in [6.45, 7) is 5.89. The van der Waals surface area contributed by atoms with Gasteiger partial charge < -0.3 is 15.5 Å². The molecule has 2 aliphatic heterocycles. The minimum Gasteiger partial charge on any atom is -0.326 e. The smallest absolute Gasteiger partial charge is 0.255 e. The van der Waals surface area contributed by atoms with Crippen molar-refractivity contribution in [1.82, 2.24) is 15.1 Å². The highest BCUT2D eigenvalue weighted by Crippen LogP contribution is 2.30. The van der Waals surface area contributed by atoms with Gasteiger partial charge in [0.25, 0.3) is 5.91 Å². The number of rotatable bonds is 6. The van der Waals surface area contributed by atoms with Crippen molar-refractivity contribution in [2.45, 2.75) is 57.8 Å². The SMILES string of the molecule is CN(CCC(C)(C)N)Cc1cccc2c1C(=O)N(C1CCC(=O)NC1=O)C2. The molecule has 1 saturated heterocycles. The maximum absolute atomic E-state index is 13.1. The van der Waals surface area contributed by atoms with Gasteiger partial charge in [-0.3, -0.25) is 19.7 Å². The molecule has 0 aromatic heterocycles. The van der Waals surface area contributed by atoms with Crippen molar-refractivity contribution in [3.63, 3.8) is 0 Å². The molecule has 3 rings (SSSR count). The van der Waals surface area contributed by atoms with Gasteiger partial charge in [0.1, 0.15) is 6.04 Å². The van der Waals surface area contributed by atoms with E-state index in [1.807, 2.05) is 39.1 Å². The fourth-order valence-corrected chi connectivity index (χ4v) is 3.67. The van der Waals surface area contributed by atoms with Crippen LogP contribution in [0.4, 0.5) is 0 Å². The van der Waals surface area contributed by atoms with Gasteiger partial charge in [0, 0.05) is 30.6 Å². The Bertz CT molecular complexity index is 769. The number of carbonyl (C=O) groups excluding carboxylic acids is 3. The van der Waals surface area contributed by atoms with E-state index in [0.29, 0.717) is 25.1 Å². The van der Waals surface area contributed by atoms with Crippen LogP contribution in [0.5, 0.6) is 0 Å². The Morgan fingerprint density at radius 1 is 1.30 bits per heavy atom. The average Bonchev–Trinajstić information content (AvgIpc) is 2.90. The first kappa shape index (κ1) is 19.5. The zero-order valence-electron chi connectivity index (χ0n) is 16.2. The lowest BCUT2D eigenvalue weighted by molar-refractivity contribution is -0.136. The molecule has 0 radical (unpaired) electrons. The van der Waals surface area contributed by atoms with Crippen LogP contribution in [0.15, 0.2) is 18.2 Å². The number of hydrogen-bond acceptors (Lipinski definition) is 5. The Kier molecular flexibility index (Phi) is 5.35. The molecule has 146 valence electrons. The Balaban J connectivity index is 1.74. The third kappa shape index (κ3) is 4.36. The predicted molar refractivity (Wildman–Crippen MR) is 102 cm³/mol. The molecule has 1 aromatic rings. The lowest BCUT2D eigenvalue weighted by Crippen LogP contribution is -2.52. The van der Waals surface area contributed by atoms with Gasteiger partial charge in [-0.25, -0.2) is 0 Å². The van der Waals surface area contributed by atoms with Gasteiger partial charge in [0.05, 0.1) is 0 Å². The number of nitrogens with zero attached hydrogens (tertiary/aromatic N) is 2. The van der Waals surface area contributed by atoms with Crippen molar-refractivity contribution in [1.29, 1.82) is 0 Å². The first-order valence-corrected chi connectivity index (χ1v) is 9.38. The summed E-state index contributed by atoms with van der Waals surface area (Å²) in [6, 6.07) is 5.28. The van der Waals surface area contributed by atoms with Crippen LogP contribution in [0.2, 0.25) is 0 Å². The first-order valence-electron chi connectivity index (χ1n) is 9.38. The second-order valence-electron chi connectivity index (χ2n) is 8.33. The molecule has 7 heteroatoms. The number of nitrogens with two attached hydrogens (primary N) is 1. The van der Waals surface area contributed by atoms with E-state index in [2.05, 4.69) is 10.2 Å². The summed E-state index contributed by atoms with van der Waals surface area (Å²) >= 11 is 0. The van der Waals surface area contributed by atoms with Crippen molar-refractivity contribution in [3.05, 3.63) is 34.9 Å². The molecular formula is C20H28N4O3. The molecule has 3 amide bonds. The molecule has 7 nitrogen and oxygen atoms in total. The maximum Gasteiger partial charge on any atom is 0.255 e. The molecule has 0 spiro atoms. The number of amides is 3. The van der Waals surface area contributed by atoms with E-state index >= 15 is 0 Å². The lowest BCUT2D eigenvalue weighted by Gasteiger charge is -2.29. The molecule has 1 aromatic carbocycles. The Labute approximate surface area is 159 Å². The minimum atomic E-state index is -0.578. The molecule has 0 saturated carbocycles. The molecule has 1 atom stereocenters. The predicted octanol–water partition coefficient (Wildman–Crippen LogP) is 1.01. The van der Waals surface area contributed by atoms with E-state index in [9.17, 15) is 14.4 Å². The normalized spacial score (nSPS) is 20.3. The van der Waals surface area contributed by atoms with Crippen molar-refractivity contribution >= 4 is 17.7 Å². The van der Waals surface area contributed by atoms with E-state index in [1.54, 1.807) is 4.90 Å². The molecule has 2 aliphatic rings. The average molecular weight is 372 g/mol. The number of fused-ring (bicyclic) bond motifs is 1. The fourth-order valence-electron chi connectivity index (χ4n) is 3.67. The summed E-state index contributed by atoms with van der Waals surface area (Å²) in [7, 11) is 2.02. The zero-order chi connectivity index (χ0) is 19.8. The summed E-state index contributed by atoms with van der Waals surface area (Å²) in [4.78, 5) is 40.4. The van der Waals surface area contributed by atoms with E-state index in [4.69, 9.17) is 5.73 Å². The summed E-state index contributed by atoms with van der Waals surface area (Å²) in [5, 5.41) is 2.34. The lowest BCUT2D eigenvalue weighted by atomic mass is 10.0. The molecule has 27 heavy (non-hydrogen) atoms. The van der Waals surface area contributed by atoms with Crippen LogP contribution in [0.25, 0.3) is 0 Å². The number of imide groups is 1. The first-order chi connectivity index (χ1) is 12.7. The second-order valence-corrected chi connectivity index (χ2v) is 8.33. The fraction of sp³-hybridized carbons (Fsp3) is 0.550. The van der Waals surface area contributed by atoms with E-state index in [1.165, 1.54) is 0 Å². The largest absolute Gasteiger partial charge is 0.326 e. The Morgan fingerprint density at radius 3 is 2.70 bits per heavy atom. The number of hydrogen-bond donors (Lipinski definition) is 2. The number of nitrogens with one attached hydrogen (secondary N) is 1. The maximum atomic E-state index is 13.1. The molecule has 3 N–H and O–H groups in total. The Hall–Kier alpha value is -2.25. The van der Waals surface area contributed by atoms with Gasteiger partial charge in [0.15, 0.2) is 0 Å². The third-order valence-corrected chi connectivity index (χ3v) is 5.22. The molecule has 2 heterocycles. The summed E-state index contributed by atoms with van der Waals surface area (Å²) < 4.78 is 0. The van der Waals surface area contributed by atoms with Gasteiger partial charge in [-0.15, -0.1) is 0 Å². The highest BCUT2D eigenvalue weighted by atomic mass is 16.2. The standard InChI is InChI=1S/C20H28N4O3/c1-20(2,21)9-10-23(3)11-13-5-4-6-14-12-24(19(27)17(13)14)15-7-8-16(25)22-18(15)26/h4-6,15H,7-12,21H2,1-3H3,(H,22,25,26). The van der Waals surface area contributed by atoms with Crippen LogP contribution in [-0.2, 0) is 22.7 Å². The van der Waals surface area contributed by atoms with Gasteiger partial charge in [-0.2, -0.15) is 0 Å². The van der Waals surface area contributed by atoms with Crippen molar-refractivity contribution in [3.8, 4) is 0 Å². The molecule has 1 unspecified atom stereocenters. The van der Waals surface area contributed by atoms with Crippen LogP contribution in [-0.4, -0.2) is 52.7 Å². The van der Waals surface area contributed by atoms with Gasteiger partial charge in [-0.1, -0.05) is 18.2 Å². The van der Waals surface area contributed by atoms with Crippen molar-refractivity contribution in [2.75, 3.05) is 13.6 Å². The summed E-state index contributed by atoms with van der Waals surface area (Å²) in [6.07, 6.45) is 1.50. The molecule has 1 fully saturated rings. The van der Waals surface area contributed by atoms with E-state index < -0.39 is 6.04 Å². The highest BCUT2D eigenvalue weighted by molar-refractivity contribution is 6.05. The molecule has 0 bridgehead atoms. The van der Waals surface area contributed by atoms with Crippen LogP contribution >= 0.6 is 0 Å². The van der Waals surface area contributed by atoms with Crippen LogP contribution < -0.4 is 11.1 Å². The van der Waals surface area contributed by atoms with Crippen LogP contribution in [0.1, 0.15) is 54.6 Å². The number of carbonyl (C=O) groups is 3. The van der Waals surface area contributed by atoms with Crippen molar-refractivity contribution in [2.24, 2.45) is 5.73 Å². The van der Waals surface area contributed by atoms with Gasteiger partial charge in [-0.05, 0) is 51.4 Å². The summed E-state index contributed by atoms with van der Waals surface area (Å²) in [5.41, 5.74) is 8.43. The van der Waals surface area contributed by atoms with Gasteiger partial charge >= 0.3 is 0 Å². The monoisotopic (exact) mass is 372 g/mol. The minimum absolute atomic E-state index is 0.123. The quantitative estimate of drug-likeness (QED) is 0.727. The van der Waals surface area contributed by atoms with Crippen LogP contribution in [0, 0.1) is 0 Å². The molecular weight excluding hydrogens is 344 g/mol. The topological polar surface area (TPSA) is 95.7 Å². The summed E-state index contributed by atoms with van der Waals surface area (Å²) in [5.74, 6) is -0.774. The van der Waals surface area contributed by atoms with Crippen LogP contribution in [0.3, 0.4) is 0 Å². The van der Waals surface area contributed by atoms with E-state index in [0.717, 1.165) is 24.1 Å². The second kappa shape index (κ2) is 7.40. The third-order valence-electron chi connectivity index (χ3n) is 5.22. The number of benzene rings is 1. The molecule has 0 aliphatic carbocycles. The zero-order valence-corrected chi connectivity index (χ0v) is 16.2. The van der Waals surface area contributed by atoms with Gasteiger partial charge in [0.2, 0.25) is 11.8 Å². The Morgan fingerprint density at radius 2 is 2.04 bits per heavy atom. The van der Waals surface area contributed by atoms with E-state index in [-0.39, 0.29) is 29.7 Å². The highest BCUT2D eigenvalue weighted by Gasteiger charge is 2.39. The van der Waals surface area contributed by atoms with Crippen molar-refractivity contribution < 1.29 is 14.4 Å².